The van der Waals surface area contributed by atoms with E-state index in [-0.39, 0.29) is 17.9 Å². The first-order valence-electron chi connectivity index (χ1n) is 9.68. The van der Waals surface area contributed by atoms with E-state index in [2.05, 4.69) is 15.0 Å². The molecule has 2 saturated heterocycles. The molecule has 0 aliphatic carbocycles. The lowest BCUT2D eigenvalue weighted by atomic mass is 9.94. The highest BCUT2D eigenvalue weighted by atomic mass is 16.5. The van der Waals surface area contributed by atoms with Crippen LogP contribution in [0.25, 0.3) is 5.69 Å². The molecule has 2 fully saturated rings. The van der Waals surface area contributed by atoms with Gasteiger partial charge in [-0.25, -0.2) is 4.68 Å². The van der Waals surface area contributed by atoms with E-state index in [1.54, 1.807) is 6.20 Å². The zero-order chi connectivity index (χ0) is 18.8. The zero-order valence-corrected chi connectivity index (χ0v) is 16.0. The first-order chi connectivity index (χ1) is 13.1. The first-order valence-corrected chi connectivity index (χ1v) is 9.68. The Kier molecular flexibility index (Phi) is 5.11. The van der Waals surface area contributed by atoms with Gasteiger partial charge in [-0.2, -0.15) is 5.10 Å². The molecule has 4 heterocycles. The van der Waals surface area contributed by atoms with Crippen LogP contribution >= 0.6 is 0 Å². The summed E-state index contributed by atoms with van der Waals surface area (Å²) < 4.78 is 7.33. The molecule has 0 unspecified atom stereocenters. The maximum absolute atomic E-state index is 12.8. The Morgan fingerprint density at radius 1 is 1.22 bits per heavy atom. The van der Waals surface area contributed by atoms with Gasteiger partial charge in [0.2, 0.25) is 5.91 Å². The van der Waals surface area contributed by atoms with E-state index in [4.69, 9.17) is 4.74 Å². The Balaban J connectivity index is 1.43. The molecule has 4 rings (SSSR count). The van der Waals surface area contributed by atoms with Gasteiger partial charge in [-0.1, -0.05) is 0 Å². The molecule has 1 atom stereocenters. The lowest BCUT2D eigenvalue weighted by Crippen LogP contribution is -2.45. The minimum Gasteiger partial charge on any atom is -0.379 e. The number of ether oxygens (including phenoxy) is 1. The number of aromatic nitrogens is 3. The van der Waals surface area contributed by atoms with Gasteiger partial charge in [0.15, 0.2) is 0 Å². The van der Waals surface area contributed by atoms with Crippen molar-refractivity contribution < 1.29 is 9.53 Å². The predicted molar refractivity (Wildman–Crippen MR) is 103 cm³/mol. The topological polar surface area (TPSA) is 63.5 Å². The van der Waals surface area contributed by atoms with Crippen molar-refractivity contribution in [1.29, 1.82) is 0 Å². The van der Waals surface area contributed by atoms with Crippen molar-refractivity contribution in [2.24, 2.45) is 5.92 Å². The Morgan fingerprint density at radius 2 is 2.04 bits per heavy atom. The molecular weight excluding hydrogens is 342 g/mol. The molecule has 2 aromatic rings. The van der Waals surface area contributed by atoms with E-state index < -0.39 is 0 Å². The Hall–Kier alpha value is -2.41. The molecule has 2 aliphatic heterocycles. The third-order valence-corrected chi connectivity index (χ3v) is 5.72. The highest BCUT2D eigenvalue weighted by molar-refractivity contribution is 5.79. The minimum atomic E-state index is 0.0962. The van der Waals surface area contributed by atoms with Crippen molar-refractivity contribution in [3.63, 3.8) is 0 Å². The Bertz CT molecular complexity index is 791. The van der Waals surface area contributed by atoms with Crippen LogP contribution in [0.1, 0.15) is 24.8 Å². The van der Waals surface area contributed by atoms with Gasteiger partial charge in [0.25, 0.3) is 0 Å². The highest BCUT2D eigenvalue weighted by Crippen LogP contribution is 2.29. The lowest BCUT2D eigenvalue weighted by molar-refractivity contribution is -0.137. The molecule has 0 radical (unpaired) electrons. The molecule has 1 amide bonds. The monoisotopic (exact) mass is 369 g/mol. The van der Waals surface area contributed by atoms with Gasteiger partial charge in [0, 0.05) is 45.1 Å². The zero-order valence-electron chi connectivity index (χ0n) is 16.0. The van der Waals surface area contributed by atoms with Gasteiger partial charge in [-0.05, 0) is 37.8 Å². The number of likely N-dealkylation sites (N-methyl/N-ethyl adjacent to an activating group) is 1. The predicted octanol–water partition coefficient (Wildman–Crippen LogP) is 2.04. The second kappa shape index (κ2) is 7.68. The quantitative estimate of drug-likeness (QED) is 0.825. The first kappa shape index (κ1) is 18.0. The fourth-order valence-corrected chi connectivity index (χ4v) is 4.02. The number of hydrogen-bond acceptors (Lipinski definition) is 5. The molecule has 7 heteroatoms. The number of carbonyl (C=O) groups is 1. The van der Waals surface area contributed by atoms with Crippen LogP contribution in [0.2, 0.25) is 0 Å². The van der Waals surface area contributed by atoms with Crippen molar-refractivity contribution in [2.75, 3.05) is 38.3 Å². The van der Waals surface area contributed by atoms with Crippen LogP contribution < -0.4 is 4.90 Å². The van der Waals surface area contributed by atoms with Crippen LogP contribution in [0.15, 0.2) is 30.9 Å². The molecule has 0 aromatic carbocycles. The molecule has 27 heavy (non-hydrogen) atoms. The summed E-state index contributed by atoms with van der Waals surface area (Å²) in [5.41, 5.74) is 3.23. The number of rotatable bonds is 4. The number of nitrogens with zero attached hydrogens (tertiary/aromatic N) is 5. The van der Waals surface area contributed by atoms with E-state index in [9.17, 15) is 4.79 Å². The Labute approximate surface area is 159 Å². The van der Waals surface area contributed by atoms with Crippen molar-refractivity contribution in [3.8, 4) is 5.69 Å². The van der Waals surface area contributed by atoms with Crippen molar-refractivity contribution in [3.05, 3.63) is 36.4 Å². The number of amides is 1. The molecule has 0 saturated carbocycles. The standard InChI is InChI=1S/C20H27N5O2/c1-15-11-22-25(13-15)18-3-7-21-12-19(18)24-8-4-16(5-9-24)20(26)23(2)17-6-10-27-14-17/h3,7,11-13,16-17H,4-6,8-10,14H2,1-2H3/t17-/m0/s1. The van der Waals surface area contributed by atoms with Crippen molar-refractivity contribution in [2.45, 2.75) is 32.2 Å². The maximum Gasteiger partial charge on any atom is 0.225 e. The molecule has 7 nitrogen and oxygen atoms in total. The summed E-state index contributed by atoms with van der Waals surface area (Å²) >= 11 is 0. The van der Waals surface area contributed by atoms with Crippen LogP contribution in [0.3, 0.4) is 0 Å². The number of aryl methyl sites for hydroxylation is 1. The largest absolute Gasteiger partial charge is 0.379 e. The summed E-state index contributed by atoms with van der Waals surface area (Å²) in [6.45, 7) is 5.17. The van der Waals surface area contributed by atoms with E-state index in [0.717, 1.165) is 55.9 Å². The smallest absolute Gasteiger partial charge is 0.225 e. The number of piperidine rings is 1. The molecule has 0 bridgehead atoms. The number of pyridine rings is 1. The van der Waals surface area contributed by atoms with E-state index in [1.165, 1.54) is 0 Å². The second-order valence-corrected chi connectivity index (χ2v) is 7.55. The summed E-state index contributed by atoms with van der Waals surface area (Å²) in [4.78, 5) is 21.4. The molecule has 2 aromatic heterocycles. The highest BCUT2D eigenvalue weighted by Gasteiger charge is 2.32. The molecule has 0 spiro atoms. The van der Waals surface area contributed by atoms with Gasteiger partial charge < -0.3 is 14.5 Å². The normalized spacial score (nSPS) is 20.8. The van der Waals surface area contributed by atoms with Crippen LogP contribution in [-0.2, 0) is 9.53 Å². The summed E-state index contributed by atoms with van der Waals surface area (Å²) in [7, 11) is 1.92. The Morgan fingerprint density at radius 3 is 2.70 bits per heavy atom. The van der Waals surface area contributed by atoms with Gasteiger partial charge in [0.1, 0.15) is 0 Å². The van der Waals surface area contributed by atoms with Crippen molar-refractivity contribution in [1.82, 2.24) is 19.7 Å². The number of carbonyl (C=O) groups excluding carboxylic acids is 1. The molecule has 144 valence electrons. The summed E-state index contributed by atoms with van der Waals surface area (Å²) in [6, 6.07) is 2.23. The fourth-order valence-electron chi connectivity index (χ4n) is 4.02. The minimum absolute atomic E-state index is 0.0962. The van der Waals surface area contributed by atoms with Crippen LogP contribution in [0, 0.1) is 12.8 Å². The third-order valence-electron chi connectivity index (χ3n) is 5.72. The van der Waals surface area contributed by atoms with Crippen LogP contribution in [0.4, 0.5) is 5.69 Å². The average molecular weight is 369 g/mol. The number of anilines is 1. The van der Waals surface area contributed by atoms with Crippen LogP contribution in [0.5, 0.6) is 0 Å². The third kappa shape index (κ3) is 3.69. The molecule has 2 aliphatic rings. The summed E-state index contributed by atoms with van der Waals surface area (Å²) in [5.74, 6) is 0.359. The van der Waals surface area contributed by atoms with Crippen molar-refractivity contribution >= 4 is 11.6 Å². The van der Waals surface area contributed by atoms with Gasteiger partial charge in [-0.15, -0.1) is 0 Å². The second-order valence-electron chi connectivity index (χ2n) is 7.55. The number of hydrogen-bond donors (Lipinski definition) is 0. The van der Waals surface area contributed by atoms with E-state index in [1.807, 2.05) is 48.2 Å². The summed E-state index contributed by atoms with van der Waals surface area (Å²) in [5, 5.41) is 4.44. The molecule has 0 N–H and O–H groups in total. The maximum atomic E-state index is 12.8. The molecular formula is C20H27N5O2. The van der Waals surface area contributed by atoms with E-state index >= 15 is 0 Å². The van der Waals surface area contributed by atoms with Crippen LogP contribution in [-0.4, -0.2) is 65.0 Å². The van der Waals surface area contributed by atoms with Gasteiger partial charge in [-0.3, -0.25) is 9.78 Å². The summed E-state index contributed by atoms with van der Waals surface area (Å²) in [6.07, 6.45) is 10.3. The van der Waals surface area contributed by atoms with Gasteiger partial charge in [0.05, 0.1) is 36.4 Å². The average Bonchev–Trinajstić information content (AvgIpc) is 3.39. The lowest BCUT2D eigenvalue weighted by Gasteiger charge is -2.36. The SMILES string of the molecule is Cc1cnn(-c2ccncc2N2CCC(C(=O)N(C)[C@H]3CCOC3)CC2)c1. The van der Waals surface area contributed by atoms with Gasteiger partial charge >= 0.3 is 0 Å². The van der Waals surface area contributed by atoms with E-state index in [0.29, 0.717) is 6.61 Å². The fraction of sp³-hybridized carbons (Fsp3) is 0.550.